The zero-order valence-corrected chi connectivity index (χ0v) is 11.4. The first-order chi connectivity index (χ1) is 8.02. The summed E-state index contributed by atoms with van der Waals surface area (Å²) >= 11 is 1.54. The van der Waals surface area contributed by atoms with E-state index >= 15 is 0 Å². The number of ether oxygens (including phenoxy) is 1. The third-order valence-electron chi connectivity index (χ3n) is 2.05. The number of halogens is 2. The Morgan fingerprint density at radius 1 is 1.18 bits per heavy atom. The van der Waals surface area contributed by atoms with Crippen LogP contribution in [0.25, 0.3) is 0 Å². The molecule has 0 rings (SSSR count). The van der Waals surface area contributed by atoms with Gasteiger partial charge in [0, 0.05) is 6.42 Å². The largest absolute Gasteiger partial charge is 0.462 e. The lowest BCUT2D eigenvalue weighted by Crippen LogP contribution is -2.13. The van der Waals surface area contributed by atoms with Crippen molar-refractivity contribution in [1.29, 1.82) is 0 Å². The van der Waals surface area contributed by atoms with Crippen molar-refractivity contribution in [3.05, 3.63) is 0 Å². The number of thioether (sulfide) groups is 1. The number of rotatable bonds is 10. The van der Waals surface area contributed by atoms with E-state index < -0.39 is 6.43 Å². The minimum atomic E-state index is -2.17. The highest BCUT2D eigenvalue weighted by Gasteiger charge is 2.05. The van der Waals surface area contributed by atoms with Gasteiger partial charge in [-0.1, -0.05) is 12.8 Å². The van der Waals surface area contributed by atoms with Crippen molar-refractivity contribution in [2.45, 2.75) is 58.5 Å². The third kappa shape index (κ3) is 13.6. The van der Waals surface area contributed by atoms with Gasteiger partial charge in [-0.05, 0) is 32.4 Å². The fourth-order valence-corrected chi connectivity index (χ4v) is 2.10. The van der Waals surface area contributed by atoms with Crippen molar-refractivity contribution < 1.29 is 18.3 Å². The van der Waals surface area contributed by atoms with E-state index in [0.717, 1.165) is 25.0 Å². The molecule has 0 unspecified atom stereocenters. The van der Waals surface area contributed by atoms with Gasteiger partial charge < -0.3 is 4.74 Å². The Labute approximate surface area is 106 Å². The van der Waals surface area contributed by atoms with Gasteiger partial charge in [-0.2, -0.15) is 11.8 Å². The summed E-state index contributed by atoms with van der Waals surface area (Å²) in [5, 5.41) is 0. The van der Waals surface area contributed by atoms with Gasteiger partial charge in [0.2, 0.25) is 6.43 Å². The molecule has 17 heavy (non-hydrogen) atoms. The molecule has 0 atom stereocenters. The fourth-order valence-electron chi connectivity index (χ4n) is 1.31. The minimum absolute atomic E-state index is 0.00779. The Morgan fingerprint density at radius 2 is 1.82 bits per heavy atom. The van der Waals surface area contributed by atoms with Gasteiger partial charge in [0.25, 0.3) is 0 Å². The Balaban J connectivity index is 3.16. The van der Waals surface area contributed by atoms with Gasteiger partial charge in [-0.15, -0.1) is 0 Å². The number of carbonyl (C=O) groups excluding carboxylic acids is 1. The zero-order valence-electron chi connectivity index (χ0n) is 10.6. The summed E-state index contributed by atoms with van der Waals surface area (Å²) < 4.78 is 28.6. The van der Waals surface area contributed by atoms with Crippen LogP contribution in [-0.4, -0.2) is 30.0 Å². The van der Waals surface area contributed by atoms with Gasteiger partial charge in [0.15, 0.2) is 0 Å². The van der Waals surface area contributed by atoms with Crippen LogP contribution < -0.4 is 0 Å². The van der Waals surface area contributed by atoms with Crippen LogP contribution >= 0.6 is 11.8 Å². The van der Waals surface area contributed by atoms with Crippen LogP contribution in [0.4, 0.5) is 8.78 Å². The first-order valence-corrected chi connectivity index (χ1v) is 7.23. The van der Waals surface area contributed by atoms with Crippen LogP contribution in [0, 0.1) is 0 Å². The van der Waals surface area contributed by atoms with Crippen molar-refractivity contribution in [1.82, 2.24) is 0 Å². The second-order valence-corrected chi connectivity index (χ2v) is 5.29. The van der Waals surface area contributed by atoms with Crippen LogP contribution in [-0.2, 0) is 9.53 Å². The van der Waals surface area contributed by atoms with E-state index in [-0.39, 0.29) is 18.5 Å². The summed E-state index contributed by atoms with van der Waals surface area (Å²) in [6, 6.07) is 0. The number of unbranched alkanes of at least 4 members (excludes halogenated alkanes) is 3. The van der Waals surface area contributed by atoms with E-state index in [9.17, 15) is 13.6 Å². The second kappa shape index (κ2) is 10.8. The summed E-state index contributed by atoms with van der Waals surface area (Å²) in [5.74, 6) is 1.10. The molecule has 0 fully saturated rings. The van der Waals surface area contributed by atoms with Gasteiger partial charge in [0.1, 0.15) is 0 Å². The fraction of sp³-hybridized carbons (Fsp3) is 0.917. The normalized spacial score (nSPS) is 11.2. The number of esters is 1. The Morgan fingerprint density at radius 3 is 2.41 bits per heavy atom. The molecule has 0 saturated heterocycles. The Hall–Kier alpha value is -0.320. The maximum Gasteiger partial charge on any atom is 0.316 e. The maximum absolute atomic E-state index is 11.8. The summed E-state index contributed by atoms with van der Waals surface area (Å²) in [4.78, 5) is 11.1. The van der Waals surface area contributed by atoms with E-state index in [1.54, 1.807) is 11.8 Å². The highest BCUT2D eigenvalue weighted by atomic mass is 32.2. The zero-order chi connectivity index (χ0) is 13.1. The predicted octanol–water partition coefficient (Wildman–Crippen LogP) is 3.89. The van der Waals surface area contributed by atoms with Crippen molar-refractivity contribution in [3.8, 4) is 0 Å². The molecule has 0 aromatic rings. The molecule has 2 nitrogen and oxygen atoms in total. The quantitative estimate of drug-likeness (QED) is 0.444. The molecule has 0 bridgehead atoms. The third-order valence-corrected chi connectivity index (χ3v) is 3.07. The van der Waals surface area contributed by atoms with Gasteiger partial charge in [-0.3, -0.25) is 4.79 Å². The van der Waals surface area contributed by atoms with Crippen LogP contribution in [0.15, 0.2) is 0 Å². The van der Waals surface area contributed by atoms with E-state index in [1.165, 1.54) is 0 Å². The van der Waals surface area contributed by atoms with Crippen LogP contribution in [0.2, 0.25) is 0 Å². The van der Waals surface area contributed by atoms with Crippen LogP contribution in [0.1, 0.15) is 46.0 Å². The van der Waals surface area contributed by atoms with Crippen molar-refractivity contribution in [3.63, 3.8) is 0 Å². The first-order valence-electron chi connectivity index (χ1n) is 6.07. The topological polar surface area (TPSA) is 26.3 Å². The molecule has 0 aliphatic carbocycles. The summed E-state index contributed by atoms with van der Waals surface area (Å²) in [6.07, 6.45) is 1.15. The standard InChI is InChI=1S/C12H22F2O2S/c1-10(2)16-12(15)9-17-8-6-4-3-5-7-11(13)14/h10-11H,3-9H2,1-2H3. The lowest BCUT2D eigenvalue weighted by molar-refractivity contribution is -0.144. The Kier molecular flexibility index (Phi) is 10.6. The van der Waals surface area contributed by atoms with Crippen LogP contribution in [0.5, 0.6) is 0 Å². The molecule has 102 valence electrons. The summed E-state index contributed by atoms with van der Waals surface area (Å²) in [6.45, 7) is 3.65. The van der Waals surface area contributed by atoms with Crippen LogP contribution in [0.3, 0.4) is 0 Å². The smallest absolute Gasteiger partial charge is 0.316 e. The molecule has 0 amide bonds. The molecule has 0 saturated carbocycles. The van der Waals surface area contributed by atoms with Crippen molar-refractivity contribution >= 4 is 17.7 Å². The highest BCUT2D eigenvalue weighted by Crippen LogP contribution is 2.11. The average Bonchev–Trinajstić information content (AvgIpc) is 2.20. The van der Waals surface area contributed by atoms with E-state index in [4.69, 9.17) is 4.74 Å². The summed E-state index contributed by atoms with van der Waals surface area (Å²) in [7, 11) is 0. The molecule has 0 aromatic heterocycles. The number of hydrogen-bond acceptors (Lipinski definition) is 3. The van der Waals surface area contributed by atoms with Gasteiger partial charge >= 0.3 is 5.97 Å². The molecular formula is C12H22F2O2S. The molecule has 0 aromatic carbocycles. The number of carbonyl (C=O) groups is 1. The molecule has 0 spiro atoms. The van der Waals surface area contributed by atoms with Crippen molar-refractivity contribution in [2.75, 3.05) is 11.5 Å². The highest BCUT2D eigenvalue weighted by molar-refractivity contribution is 7.99. The predicted molar refractivity (Wildman–Crippen MR) is 67.6 cm³/mol. The van der Waals surface area contributed by atoms with Gasteiger partial charge in [-0.25, -0.2) is 8.78 Å². The number of hydrogen-bond donors (Lipinski definition) is 0. The second-order valence-electron chi connectivity index (χ2n) is 4.19. The lowest BCUT2D eigenvalue weighted by Gasteiger charge is -2.07. The van der Waals surface area contributed by atoms with E-state index in [0.29, 0.717) is 12.2 Å². The monoisotopic (exact) mass is 268 g/mol. The molecule has 5 heteroatoms. The number of alkyl halides is 2. The van der Waals surface area contributed by atoms with E-state index in [1.807, 2.05) is 13.8 Å². The van der Waals surface area contributed by atoms with Gasteiger partial charge in [0.05, 0.1) is 11.9 Å². The van der Waals surface area contributed by atoms with Crippen molar-refractivity contribution in [2.24, 2.45) is 0 Å². The SMILES string of the molecule is CC(C)OC(=O)CSCCCCCCC(F)F. The maximum atomic E-state index is 11.8. The molecule has 0 radical (unpaired) electrons. The molecule has 0 aliphatic heterocycles. The molecule has 0 N–H and O–H groups in total. The molecular weight excluding hydrogens is 246 g/mol. The lowest BCUT2D eigenvalue weighted by atomic mass is 10.2. The summed E-state index contributed by atoms with van der Waals surface area (Å²) in [5.41, 5.74) is 0. The molecule has 0 aliphatic rings. The minimum Gasteiger partial charge on any atom is -0.462 e. The Bertz CT molecular complexity index is 199. The molecule has 0 heterocycles. The first kappa shape index (κ1) is 16.7. The average molecular weight is 268 g/mol. The van der Waals surface area contributed by atoms with E-state index in [2.05, 4.69) is 0 Å².